The van der Waals surface area contributed by atoms with Crippen LogP contribution >= 0.6 is 28.3 Å². The monoisotopic (exact) mass is 364 g/mol. The smallest absolute Gasteiger partial charge is 0.251 e. The van der Waals surface area contributed by atoms with Gasteiger partial charge < -0.3 is 15.4 Å². The first-order valence-corrected chi connectivity index (χ1v) is 7.28. The highest BCUT2D eigenvalue weighted by molar-refractivity contribution is 9.10. The van der Waals surface area contributed by atoms with E-state index in [1.807, 2.05) is 26.8 Å². The lowest BCUT2D eigenvalue weighted by Crippen LogP contribution is -2.31. The Bertz CT molecular complexity index is 428. The minimum absolute atomic E-state index is 0. The maximum absolute atomic E-state index is 12.0. The quantitative estimate of drug-likeness (QED) is 0.730. The van der Waals surface area contributed by atoms with Crippen LogP contribution in [-0.2, 0) is 0 Å². The molecule has 0 saturated heterocycles. The number of rotatable bonds is 7. The van der Waals surface area contributed by atoms with E-state index < -0.39 is 0 Å². The van der Waals surface area contributed by atoms with Gasteiger partial charge in [-0.3, -0.25) is 4.79 Å². The van der Waals surface area contributed by atoms with E-state index in [1.54, 1.807) is 12.1 Å². The second-order valence-electron chi connectivity index (χ2n) is 4.45. The molecule has 0 radical (unpaired) electrons. The molecule has 1 aromatic carbocycles. The van der Waals surface area contributed by atoms with E-state index in [4.69, 9.17) is 4.74 Å². The summed E-state index contributed by atoms with van der Waals surface area (Å²) in [4.78, 5) is 12.0. The van der Waals surface area contributed by atoms with Gasteiger partial charge in [-0.2, -0.15) is 0 Å². The normalized spacial score (nSPS) is 10.1. The van der Waals surface area contributed by atoms with Crippen LogP contribution in [0.1, 0.15) is 31.1 Å². The molecular weight excluding hydrogens is 344 g/mol. The van der Waals surface area contributed by atoms with E-state index in [9.17, 15) is 4.79 Å². The zero-order chi connectivity index (χ0) is 14.3. The standard InChI is InChI=1S/C14H21BrN2O2.ClH/c1-4-16-5-6-17-14(18)11-7-12(15)9-13(8-11)19-10(2)3;/h7-10,16H,4-6H2,1-3H3,(H,17,18);1H. The molecule has 6 heteroatoms. The number of carbonyl (C=O) groups excluding carboxylic acids is 1. The first-order chi connectivity index (χ1) is 9.02. The zero-order valence-corrected chi connectivity index (χ0v) is 14.4. The third-order valence-corrected chi connectivity index (χ3v) is 2.80. The van der Waals surface area contributed by atoms with Gasteiger partial charge in [-0.25, -0.2) is 0 Å². The van der Waals surface area contributed by atoms with Gasteiger partial charge in [0.2, 0.25) is 0 Å². The highest BCUT2D eigenvalue weighted by atomic mass is 79.9. The Balaban J connectivity index is 0.00000361. The van der Waals surface area contributed by atoms with Gasteiger partial charge in [0.05, 0.1) is 6.10 Å². The third-order valence-electron chi connectivity index (χ3n) is 2.34. The van der Waals surface area contributed by atoms with Gasteiger partial charge in [0.15, 0.2) is 0 Å². The second-order valence-corrected chi connectivity index (χ2v) is 5.37. The van der Waals surface area contributed by atoms with Crippen LogP contribution in [0, 0.1) is 0 Å². The average Bonchev–Trinajstić information content (AvgIpc) is 2.32. The number of benzene rings is 1. The van der Waals surface area contributed by atoms with Gasteiger partial charge in [-0.1, -0.05) is 22.9 Å². The number of amides is 1. The minimum Gasteiger partial charge on any atom is -0.491 e. The third kappa shape index (κ3) is 7.12. The maximum Gasteiger partial charge on any atom is 0.251 e. The summed E-state index contributed by atoms with van der Waals surface area (Å²) in [7, 11) is 0. The Morgan fingerprint density at radius 3 is 2.60 bits per heavy atom. The summed E-state index contributed by atoms with van der Waals surface area (Å²) in [5.41, 5.74) is 0.599. The molecule has 0 aromatic heterocycles. The molecule has 1 amide bonds. The van der Waals surface area contributed by atoms with Gasteiger partial charge in [0.25, 0.3) is 5.91 Å². The fourth-order valence-corrected chi connectivity index (χ4v) is 2.05. The molecule has 4 nitrogen and oxygen atoms in total. The molecule has 0 aliphatic carbocycles. The van der Waals surface area contributed by atoms with E-state index in [2.05, 4.69) is 26.6 Å². The molecule has 20 heavy (non-hydrogen) atoms. The molecule has 0 aliphatic rings. The average molecular weight is 366 g/mol. The van der Waals surface area contributed by atoms with E-state index in [-0.39, 0.29) is 24.4 Å². The molecule has 0 aliphatic heterocycles. The molecule has 2 N–H and O–H groups in total. The van der Waals surface area contributed by atoms with Crippen molar-refractivity contribution in [3.8, 4) is 5.75 Å². The SMILES string of the molecule is CCNCCNC(=O)c1cc(Br)cc(OC(C)C)c1.Cl. The summed E-state index contributed by atoms with van der Waals surface area (Å²) in [6, 6.07) is 5.40. The molecule has 0 saturated carbocycles. The first-order valence-electron chi connectivity index (χ1n) is 6.49. The van der Waals surface area contributed by atoms with Crippen molar-refractivity contribution in [1.29, 1.82) is 0 Å². The van der Waals surface area contributed by atoms with E-state index in [1.165, 1.54) is 0 Å². The Morgan fingerprint density at radius 2 is 2.00 bits per heavy atom. The lowest BCUT2D eigenvalue weighted by molar-refractivity contribution is 0.0953. The van der Waals surface area contributed by atoms with Crippen LogP contribution in [0.4, 0.5) is 0 Å². The molecule has 0 atom stereocenters. The highest BCUT2D eigenvalue weighted by Gasteiger charge is 2.09. The summed E-state index contributed by atoms with van der Waals surface area (Å²) >= 11 is 3.39. The lowest BCUT2D eigenvalue weighted by atomic mass is 10.2. The van der Waals surface area contributed by atoms with Crippen molar-refractivity contribution in [1.82, 2.24) is 10.6 Å². The molecule has 0 spiro atoms. The molecule has 0 fully saturated rings. The fourth-order valence-electron chi connectivity index (χ4n) is 1.58. The summed E-state index contributed by atoms with van der Waals surface area (Å²) in [6.45, 7) is 8.23. The van der Waals surface area contributed by atoms with Crippen molar-refractivity contribution in [3.63, 3.8) is 0 Å². The Hall–Kier alpha value is -0.780. The molecule has 1 rings (SSSR count). The van der Waals surface area contributed by atoms with Gasteiger partial charge in [-0.05, 0) is 38.6 Å². The second kappa shape index (κ2) is 10.0. The van der Waals surface area contributed by atoms with Crippen LogP contribution < -0.4 is 15.4 Å². The summed E-state index contributed by atoms with van der Waals surface area (Å²) in [5, 5.41) is 6.02. The Labute approximate surface area is 135 Å². The number of hydrogen-bond acceptors (Lipinski definition) is 3. The van der Waals surface area contributed by atoms with E-state index >= 15 is 0 Å². The van der Waals surface area contributed by atoms with Gasteiger partial charge in [-0.15, -0.1) is 12.4 Å². The van der Waals surface area contributed by atoms with Crippen LogP contribution in [0.2, 0.25) is 0 Å². The number of likely N-dealkylation sites (N-methyl/N-ethyl adjacent to an activating group) is 1. The number of halogens is 2. The predicted octanol–water partition coefficient (Wildman–Crippen LogP) is 3.00. The van der Waals surface area contributed by atoms with Gasteiger partial charge in [0, 0.05) is 23.1 Å². The largest absolute Gasteiger partial charge is 0.491 e. The molecule has 0 unspecified atom stereocenters. The van der Waals surface area contributed by atoms with Crippen LogP contribution in [0.25, 0.3) is 0 Å². The Kier molecular flexibility index (Phi) is 9.63. The summed E-state index contributed by atoms with van der Waals surface area (Å²) in [5.74, 6) is 0.606. The predicted molar refractivity (Wildman–Crippen MR) is 88.0 cm³/mol. The van der Waals surface area contributed by atoms with E-state index in [0.29, 0.717) is 17.9 Å². The lowest BCUT2D eigenvalue weighted by Gasteiger charge is -2.12. The Morgan fingerprint density at radius 1 is 1.30 bits per heavy atom. The topological polar surface area (TPSA) is 50.4 Å². The zero-order valence-electron chi connectivity index (χ0n) is 12.0. The minimum atomic E-state index is -0.0900. The number of carbonyl (C=O) groups is 1. The highest BCUT2D eigenvalue weighted by Crippen LogP contribution is 2.22. The van der Waals surface area contributed by atoms with Crippen molar-refractivity contribution in [2.24, 2.45) is 0 Å². The van der Waals surface area contributed by atoms with Crippen LogP contribution in [-0.4, -0.2) is 31.6 Å². The van der Waals surface area contributed by atoms with Gasteiger partial charge >= 0.3 is 0 Å². The van der Waals surface area contributed by atoms with Crippen LogP contribution in [0.15, 0.2) is 22.7 Å². The van der Waals surface area contributed by atoms with Gasteiger partial charge in [0.1, 0.15) is 5.75 Å². The van der Waals surface area contributed by atoms with Crippen molar-refractivity contribution in [2.75, 3.05) is 19.6 Å². The first kappa shape index (κ1) is 19.2. The number of ether oxygens (including phenoxy) is 1. The summed E-state index contributed by atoms with van der Waals surface area (Å²) < 4.78 is 6.44. The fraction of sp³-hybridized carbons (Fsp3) is 0.500. The molecule has 0 heterocycles. The molecule has 114 valence electrons. The number of hydrogen-bond donors (Lipinski definition) is 2. The number of nitrogens with one attached hydrogen (secondary N) is 2. The van der Waals surface area contributed by atoms with Crippen LogP contribution in [0.5, 0.6) is 5.75 Å². The molecule has 0 bridgehead atoms. The summed E-state index contributed by atoms with van der Waals surface area (Å²) in [6.07, 6.45) is 0.0824. The molecular formula is C14H22BrClN2O2. The van der Waals surface area contributed by atoms with Crippen LogP contribution in [0.3, 0.4) is 0 Å². The maximum atomic E-state index is 12.0. The van der Waals surface area contributed by atoms with E-state index in [0.717, 1.165) is 17.6 Å². The van der Waals surface area contributed by atoms with Crippen molar-refractivity contribution in [3.05, 3.63) is 28.2 Å². The van der Waals surface area contributed by atoms with Crippen molar-refractivity contribution < 1.29 is 9.53 Å². The molecule has 1 aromatic rings. The van der Waals surface area contributed by atoms with Crippen molar-refractivity contribution in [2.45, 2.75) is 26.9 Å². The van der Waals surface area contributed by atoms with Crippen molar-refractivity contribution >= 4 is 34.2 Å².